The minimum absolute atomic E-state index is 0.00778. The maximum absolute atomic E-state index is 11.4. The number of primary amides is 1. The number of carbonyl (C=O) groups is 2. The lowest BCUT2D eigenvalue weighted by atomic mass is 10.2. The van der Waals surface area contributed by atoms with Gasteiger partial charge in [-0.15, -0.1) is 0 Å². The van der Waals surface area contributed by atoms with E-state index < -0.39 is 11.9 Å². The van der Waals surface area contributed by atoms with Crippen molar-refractivity contribution in [1.82, 2.24) is 4.98 Å². The lowest BCUT2D eigenvalue weighted by Crippen LogP contribution is -2.12. The summed E-state index contributed by atoms with van der Waals surface area (Å²) in [6.07, 6.45) is 0. The maximum atomic E-state index is 11.4. The first-order valence-corrected chi connectivity index (χ1v) is 5.94. The largest absolute Gasteiger partial charge is 0.464 e. The summed E-state index contributed by atoms with van der Waals surface area (Å²) in [6, 6.07) is 9.25. The number of carbonyl (C=O) groups excluding carboxylic acids is 2. The Morgan fingerprint density at radius 1 is 1.14 bits per heavy atom. The highest BCUT2D eigenvalue weighted by atomic mass is 16.5. The average Bonchev–Trinajstić information content (AvgIpc) is 2.49. The Morgan fingerprint density at radius 2 is 1.86 bits per heavy atom. The van der Waals surface area contributed by atoms with Gasteiger partial charge >= 0.3 is 5.97 Å². The normalized spacial score (nSPS) is 9.95. The molecule has 21 heavy (non-hydrogen) atoms. The summed E-state index contributed by atoms with van der Waals surface area (Å²) in [6.45, 7) is 0. The average molecular weight is 287 g/mol. The summed E-state index contributed by atoms with van der Waals surface area (Å²) in [4.78, 5) is 26.7. The highest BCUT2D eigenvalue weighted by Crippen LogP contribution is 2.28. The minimum atomic E-state index is -0.645. The number of rotatable bonds is 4. The van der Waals surface area contributed by atoms with Crippen LogP contribution in [0.5, 0.6) is 11.6 Å². The molecule has 0 spiro atoms. The van der Waals surface area contributed by atoms with Gasteiger partial charge < -0.3 is 20.9 Å². The van der Waals surface area contributed by atoms with Gasteiger partial charge in [-0.1, -0.05) is 12.1 Å². The summed E-state index contributed by atoms with van der Waals surface area (Å²) in [5, 5.41) is 0. The minimum Gasteiger partial charge on any atom is -0.464 e. The number of pyridine rings is 1. The van der Waals surface area contributed by atoms with Crippen LogP contribution in [0.3, 0.4) is 0 Å². The van der Waals surface area contributed by atoms with Crippen molar-refractivity contribution in [2.24, 2.45) is 5.73 Å². The number of aromatic nitrogens is 1. The molecule has 108 valence electrons. The highest BCUT2D eigenvalue weighted by Gasteiger charge is 2.15. The van der Waals surface area contributed by atoms with Gasteiger partial charge in [-0.25, -0.2) is 9.78 Å². The van der Waals surface area contributed by atoms with Crippen molar-refractivity contribution >= 4 is 17.6 Å². The smallest absolute Gasteiger partial charge is 0.356 e. The molecule has 0 saturated carbocycles. The van der Waals surface area contributed by atoms with Crippen molar-refractivity contribution in [2.45, 2.75) is 0 Å². The Morgan fingerprint density at radius 3 is 2.52 bits per heavy atom. The van der Waals surface area contributed by atoms with Gasteiger partial charge in [0.2, 0.25) is 5.88 Å². The van der Waals surface area contributed by atoms with Gasteiger partial charge in [0.25, 0.3) is 5.91 Å². The zero-order valence-corrected chi connectivity index (χ0v) is 11.2. The first-order valence-electron chi connectivity index (χ1n) is 5.94. The van der Waals surface area contributed by atoms with E-state index >= 15 is 0 Å². The molecule has 1 aromatic heterocycles. The standard InChI is InChI=1S/C14H13N3O4/c1-20-14(19)10-7-6-9(15)13(17-10)21-11-5-3-2-4-8(11)12(16)18/h2-7H,15H2,1H3,(H2,16,18). The van der Waals surface area contributed by atoms with E-state index in [0.717, 1.165) is 0 Å². The number of amides is 1. The van der Waals surface area contributed by atoms with Crippen molar-refractivity contribution < 1.29 is 19.1 Å². The van der Waals surface area contributed by atoms with E-state index in [1.165, 1.54) is 25.3 Å². The molecule has 0 fully saturated rings. The van der Waals surface area contributed by atoms with Crippen LogP contribution in [0.25, 0.3) is 0 Å². The number of nitrogens with zero attached hydrogens (tertiary/aromatic N) is 1. The van der Waals surface area contributed by atoms with Crippen LogP contribution in [0.2, 0.25) is 0 Å². The van der Waals surface area contributed by atoms with Crippen LogP contribution in [0.15, 0.2) is 36.4 Å². The predicted molar refractivity (Wildman–Crippen MR) is 75.0 cm³/mol. The summed E-state index contributed by atoms with van der Waals surface area (Å²) in [5.41, 5.74) is 11.4. The summed E-state index contributed by atoms with van der Waals surface area (Å²) in [5.74, 6) is -1.07. The molecule has 7 heteroatoms. The lowest BCUT2D eigenvalue weighted by Gasteiger charge is -2.10. The third-order valence-electron chi connectivity index (χ3n) is 2.64. The number of ether oxygens (including phenoxy) is 2. The number of hydrogen-bond donors (Lipinski definition) is 2. The number of esters is 1. The van der Waals surface area contributed by atoms with Crippen LogP contribution in [-0.2, 0) is 4.74 Å². The second-order valence-corrected chi connectivity index (χ2v) is 4.04. The number of hydrogen-bond acceptors (Lipinski definition) is 6. The van der Waals surface area contributed by atoms with Gasteiger partial charge in [-0.3, -0.25) is 4.79 Å². The molecule has 1 aromatic carbocycles. The summed E-state index contributed by atoms with van der Waals surface area (Å²) >= 11 is 0. The Balaban J connectivity index is 2.40. The van der Waals surface area contributed by atoms with Crippen molar-refractivity contribution in [2.75, 3.05) is 12.8 Å². The number of nitrogen functional groups attached to an aromatic ring is 1. The van der Waals surface area contributed by atoms with Gasteiger partial charge in [0.05, 0.1) is 18.4 Å². The number of benzene rings is 1. The van der Waals surface area contributed by atoms with Gasteiger partial charge in [0.1, 0.15) is 5.75 Å². The van der Waals surface area contributed by atoms with Crippen molar-refractivity contribution in [3.8, 4) is 11.6 Å². The molecular formula is C14H13N3O4. The van der Waals surface area contributed by atoms with E-state index in [9.17, 15) is 9.59 Å². The molecule has 0 aliphatic heterocycles. The van der Waals surface area contributed by atoms with E-state index in [1.807, 2.05) is 0 Å². The number of para-hydroxylation sites is 1. The molecule has 0 atom stereocenters. The quantitative estimate of drug-likeness (QED) is 0.819. The molecule has 0 aliphatic carbocycles. The maximum Gasteiger partial charge on any atom is 0.356 e. The molecule has 1 heterocycles. The Kier molecular flexibility index (Phi) is 4.03. The van der Waals surface area contributed by atoms with E-state index in [0.29, 0.717) is 0 Å². The molecule has 0 aliphatic rings. The molecule has 2 rings (SSSR count). The first kappa shape index (κ1) is 14.3. The molecular weight excluding hydrogens is 274 g/mol. The molecule has 0 radical (unpaired) electrons. The zero-order valence-electron chi connectivity index (χ0n) is 11.2. The summed E-state index contributed by atoms with van der Waals surface area (Å²) < 4.78 is 10.1. The molecule has 0 unspecified atom stereocenters. The van der Waals surface area contributed by atoms with Crippen molar-refractivity contribution in [1.29, 1.82) is 0 Å². The van der Waals surface area contributed by atoms with Crippen LogP contribution < -0.4 is 16.2 Å². The van der Waals surface area contributed by atoms with E-state index in [1.54, 1.807) is 18.2 Å². The Hall–Kier alpha value is -3.09. The van der Waals surface area contributed by atoms with Crippen LogP contribution in [0.4, 0.5) is 5.69 Å². The molecule has 4 N–H and O–H groups in total. The number of methoxy groups -OCH3 is 1. The van der Waals surface area contributed by atoms with E-state index in [4.69, 9.17) is 16.2 Å². The third kappa shape index (κ3) is 3.08. The van der Waals surface area contributed by atoms with Crippen molar-refractivity contribution in [3.63, 3.8) is 0 Å². The van der Waals surface area contributed by atoms with Crippen LogP contribution in [0.1, 0.15) is 20.8 Å². The van der Waals surface area contributed by atoms with Gasteiger partial charge in [-0.05, 0) is 24.3 Å². The zero-order chi connectivity index (χ0) is 15.4. The van der Waals surface area contributed by atoms with Gasteiger partial charge in [-0.2, -0.15) is 0 Å². The molecule has 1 amide bonds. The van der Waals surface area contributed by atoms with E-state index in [2.05, 4.69) is 9.72 Å². The van der Waals surface area contributed by atoms with E-state index in [-0.39, 0.29) is 28.6 Å². The lowest BCUT2D eigenvalue weighted by molar-refractivity contribution is 0.0593. The predicted octanol–water partition coefficient (Wildman–Crippen LogP) is 1.34. The first-order chi connectivity index (χ1) is 10.0. The fraction of sp³-hybridized carbons (Fsp3) is 0.0714. The molecule has 2 aromatic rings. The van der Waals surface area contributed by atoms with Crippen molar-refractivity contribution in [3.05, 3.63) is 47.7 Å². The molecule has 0 bridgehead atoms. The second-order valence-electron chi connectivity index (χ2n) is 4.04. The fourth-order valence-corrected chi connectivity index (χ4v) is 1.61. The topological polar surface area (TPSA) is 118 Å². The summed E-state index contributed by atoms with van der Waals surface area (Å²) in [7, 11) is 1.24. The second kappa shape index (κ2) is 5.91. The SMILES string of the molecule is COC(=O)c1ccc(N)c(Oc2ccccc2C(N)=O)n1. The Bertz CT molecular complexity index is 700. The van der Waals surface area contributed by atoms with Gasteiger partial charge in [0.15, 0.2) is 5.69 Å². The van der Waals surface area contributed by atoms with Crippen LogP contribution >= 0.6 is 0 Å². The highest BCUT2D eigenvalue weighted by molar-refractivity contribution is 5.95. The fourth-order valence-electron chi connectivity index (χ4n) is 1.61. The Labute approximate surface area is 120 Å². The van der Waals surface area contributed by atoms with Crippen LogP contribution in [-0.4, -0.2) is 24.0 Å². The molecule has 7 nitrogen and oxygen atoms in total. The number of anilines is 1. The monoisotopic (exact) mass is 287 g/mol. The van der Waals surface area contributed by atoms with Crippen LogP contribution in [0, 0.1) is 0 Å². The molecule has 0 saturated heterocycles. The third-order valence-corrected chi connectivity index (χ3v) is 2.64. The van der Waals surface area contributed by atoms with Gasteiger partial charge in [0, 0.05) is 0 Å². The number of nitrogens with two attached hydrogens (primary N) is 2.